The molecule has 25 heavy (non-hydrogen) atoms. The zero-order valence-corrected chi connectivity index (χ0v) is 15.7. The van der Waals surface area contributed by atoms with Crippen LogP contribution in [-0.2, 0) is 4.79 Å². The third kappa shape index (κ3) is 10.6. The molecule has 0 aromatic heterocycles. The molecule has 0 spiro atoms. The van der Waals surface area contributed by atoms with Crippen molar-refractivity contribution in [2.45, 2.75) is 84.0 Å². The number of nitrogens with two attached hydrogens (primary N) is 1. The van der Waals surface area contributed by atoms with Gasteiger partial charge in [-0.2, -0.15) is 0 Å². The van der Waals surface area contributed by atoms with Gasteiger partial charge in [-0.05, 0) is 24.6 Å². The molecule has 4 nitrogen and oxygen atoms in total. The van der Waals surface area contributed by atoms with Crippen molar-refractivity contribution in [3.8, 4) is 0 Å². The maximum Gasteiger partial charge on any atom is 0.248 e. The van der Waals surface area contributed by atoms with Gasteiger partial charge in [-0.25, -0.2) is 0 Å². The molecule has 2 amide bonds. The van der Waals surface area contributed by atoms with Crippen molar-refractivity contribution in [3.05, 3.63) is 29.8 Å². The van der Waals surface area contributed by atoms with Crippen molar-refractivity contribution >= 4 is 17.5 Å². The molecule has 0 atom stereocenters. The molecule has 0 aliphatic carbocycles. The van der Waals surface area contributed by atoms with Crippen LogP contribution in [0.4, 0.5) is 5.69 Å². The number of hydrogen-bond acceptors (Lipinski definition) is 2. The van der Waals surface area contributed by atoms with E-state index in [9.17, 15) is 9.59 Å². The molecule has 140 valence electrons. The fourth-order valence-corrected chi connectivity index (χ4v) is 2.92. The number of hydrogen-bond donors (Lipinski definition) is 2. The van der Waals surface area contributed by atoms with Gasteiger partial charge in [0.1, 0.15) is 0 Å². The summed E-state index contributed by atoms with van der Waals surface area (Å²) < 4.78 is 0. The number of unbranched alkanes of at least 4 members (excludes halogenated alkanes) is 10. The number of amides is 2. The lowest BCUT2D eigenvalue weighted by Crippen LogP contribution is -2.14. The summed E-state index contributed by atoms with van der Waals surface area (Å²) in [5, 5.41) is 2.83. The highest BCUT2D eigenvalue weighted by Gasteiger charge is 2.05. The molecule has 0 saturated heterocycles. The van der Waals surface area contributed by atoms with E-state index in [0.29, 0.717) is 17.7 Å². The Balaban J connectivity index is 2.02. The monoisotopic (exact) mass is 346 g/mol. The summed E-state index contributed by atoms with van der Waals surface area (Å²) in [6, 6.07) is 6.74. The zero-order valence-electron chi connectivity index (χ0n) is 15.7. The number of primary amides is 1. The van der Waals surface area contributed by atoms with Crippen molar-refractivity contribution in [1.82, 2.24) is 0 Å². The highest BCUT2D eigenvalue weighted by molar-refractivity contribution is 5.96. The number of nitrogens with one attached hydrogen (secondary N) is 1. The van der Waals surface area contributed by atoms with Gasteiger partial charge in [-0.15, -0.1) is 0 Å². The zero-order chi connectivity index (χ0) is 18.3. The molecule has 0 radical (unpaired) electrons. The second-order valence-electron chi connectivity index (χ2n) is 6.78. The van der Waals surface area contributed by atoms with E-state index in [1.165, 1.54) is 57.8 Å². The number of anilines is 1. The van der Waals surface area contributed by atoms with Crippen LogP contribution in [0.5, 0.6) is 0 Å². The Morgan fingerprint density at radius 3 is 2.00 bits per heavy atom. The van der Waals surface area contributed by atoms with E-state index in [-0.39, 0.29) is 5.91 Å². The van der Waals surface area contributed by atoms with E-state index in [0.717, 1.165) is 12.8 Å². The normalized spacial score (nSPS) is 10.6. The molecule has 0 saturated carbocycles. The van der Waals surface area contributed by atoms with Crippen LogP contribution in [0.3, 0.4) is 0 Å². The molecule has 0 fully saturated rings. The van der Waals surface area contributed by atoms with E-state index < -0.39 is 5.91 Å². The summed E-state index contributed by atoms with van der Waals surface area (Å²) in [6.07, 6.45) is 14.5. The van der Waals surface area contributed by atoms with Gasteiger partial charge in [0.25, 0.3) is 0 Å². The Hall–Kier alpha value is -1.84. The summed E-state index contributed by atoms with van der Waals surface area (Å²) in [4.78, 5) is 23.1. The molecule has 0 aliphatic heterocycles. The molecule has 1 rings (SSSR count). The Morgan fingerprint density at radius 2 is 1.44 bits per heavy atom. The lowest BCUT2D eigenvalue weighted by atomic mass is 10.1. The van der Waals surface area contributed by atoms with E-state index >= 15 is 0 Å². The average Bonchev–Trinajstić information content (AvgIpc) is 2.60. The van der Waals surface area contributed by atoms with Crippen LogP contribution in [0.2, 0.25) is 0 Å². The predicted octanol–water partition coefficient (Wildman–Crippen LogP) is 5.43. The highest BCUT2D eigenvalue weighted by Crippen LogP contribution is 2.13. The molecule has 0 heterocycles. The van der Waals surface area contributed by atoms with E-state index in [4.69, 9.17) is 5.73 Å². The standard InChI is InChI=1S/C21H34N2O2/c1-2-3-4-5-6-7-8-9-10-11-12-16-20(24)23-19-15-13-14-18(17-19)21(22)25/h13-15,17H,2-12,16H2,1H3,(H2,22,25)(H,23,24). The first kappa shape index (κ1) is 21.2. The maximum absolute atomic E-state index is 11.9. The molecule has 1 aromatic rings. The van der Waals surface area contributed by atoms with Gasteiger partial charge in [0, 0.05) is 17.7 Å². The first-order chi connectivity index (χ1) is 12.1. The number of benzene rings is 1. The highest BCUT2D eigenvalue weighted by atomic mass is 16.2. The van der Waals surface area contributed by atoms with E-state index in [1.54, 1.807) is 24.3 Å². The third-order valence-electron chi connectivity index (χ3n) is 4.44. The SMILES string of the molecule is CCCCCCCCCCCCCC(=O)Nc1cccc(C(N)=O)c1. The summed E-state index contributed by atoms with van der Waals surface area (Å²) in [6.45, 7) is 2.25. The van der Waals surface area contributed by atoms with Crippen LogP contribution >= 0.6 is 0 Å². The molecular formula is C21H34N2O2. The molecular weight excluding hydrogens is 312 g/mol. The van der Waals surface area contributed by atoms with Gasteiger partial charge < -0.3 is 11.1 Å². The van der Waals surface area contributed by atoms with Crippen molar-refractivity contribution in [3.63, 3.8) is 0 Å². The van der Waals surface area contributed by atoms with E-state index in [1.807, 2.05) is 0 Å². The molecule has 0 unspecified atom stereocenters. The second kappa shape index (κ2) is 13.5. The van der Waals surface area contributed by atoms with E-state index in [2.05, 4.69) is 12.2 Å². The Kier molecular flexibility index (Phi) is 11.4. The first-order valence-electron chi connectivity index (χ1n) is 9.83. The van der Waals surface area contributed by atoms with Crippen LogP contribution in [0, 0.1) is 0 Å². The summed E-state index contributed by atoms with van der Waals surface area (Å²) >= 11 is 0. The number of rotatable bonds is 14. The molecule has 0 bridgehead atoms. The van der Waals surface area contributed by atoms with Crippen molar-refractivity contribution < 1.29 is 9.59 Å². The quantitative estimate of drug-likeness (QED) is 0.441. The van der Waals surface area contributed by atoms with Crippen molar-refractivity contribution in [2.75, 3.05) is 5.32 Å². The average molecular weight is 347 g/mol. The van der Waals surface area contributed by atoms with Gasteiger partial charge in [0.15, 0.2) is 0 Å². The summed E-state index contributed by atoms with van der Waals surface area (Å²) in [5.41, 5.74) is 6.28. The second-order valence-corrected chi connectivity index (χ2v) is 6.78. The van der Waals surface area contributed by atoms with Gasteiger partial charge in [-0.1, -0.05) is 77.2 Å². The Morgan fingerprint density at radius 1 is 0.880 bits per heavy atom. The first-order valence-corrected chi connectivity index (χ1v) is 9.83. The van der Waals surface area contributed by atoms with Gasteiger partial charge in [0.2, 0.25) is 11.8 Å². The van der Waals surface area contributed by atoms with Crippen LogP contribution in [0.15, 0.2) is 24.3 Å². The minimum absolute atomic E-state index is 0.00227. The third-order valence-corrected chi connectivity index (χ3v) is 4.44. The largest absolute Gasteiger partial charge is 0.366 e. The maximum atomic E-state index is 11.9. The molecule has 4 heteroatoms. The van der Waals surface area contributed by atoms with Crippen LogP contribution in [-0.4, -0.2) is 11.8 Å². The van der Waals surface area contributed by atoms with Gasteiger partial charge in [0.05, 0.1) is 0 Å². The topological polar surface area (TPSA) is 72.2 Å². The molecule has 1 aromatic carbocycles. The van der Waals surface area contributed by atoms with Crippen LogP contribution in [0.25, 0.3) is 0 Å². The lowest BCUT2D eigenvalue weighted by molar-refractivity contribution is -0.116. The number of carbonyl (C=O) groups excluding carboxylic acids is 2. The smallest absolute Gasteiger partial charge is 0.248 e. The van der Waals surface area contributed by atoms with Gasteiger partial charge in [-0.3, -0.25) is 9.59 Å². The lowest BCUT2D eigenvalue weighted by Gasteiger charge is -2.06. The Labute approximate surface area is 152 Å². The van der Waals surface area contributed by atoms with Crippen molar-refractivity contribution in [2.24, 2.45) is 5.73 Å². The molecule has 0 aliphatic rings. The summed E-state index contributed by atoms with van der Waals surface area (Å²) in [7, 11) is 0. The van der Waals surface area contributed by atoms with Gasteiger partial charge >= 0.3 is 0 Å². The fraction of sp³-hybridized carbons (Fsp3) is 0.619. The number of carbonyl (C=O) groups is 2. The fourth-order valence-electron chi connectivity index (χ4n) is 2.92. The predicted molar refractivity (Wildman–Crippen MR) is 105 cm³/mol. The van der Waals surface area contributed by atoms with Crippen molar-refractivity contribution in [1.29, 1.82) is 0 Å². The molecule has 3 N–H and O–H groups in total. The minimum atomic E-state index is -0.485. The summed E-state index contributed by atoms with van der Waals surface area (Å²) in [5.74, 6) is -0.487. The Bertz CT molecular complexity index is 514. The minimum Gasteiger partial charge on any atom is -0.366 e. The van der Waals surface area contributed by atoms with Crippen LogP contribution < -0.4 is 11.1 Å². The van der Waals surface area contributed by atoms with Crippen LogP contribution in [0.1, 0.15) is 94.3 Å².